The molecule has 0 amide bonds. The average Bonchev–Trinajstić information content (AvgIpc) is 2.44. The van der Waals surface area contributed by atoms with Gasteiger partial charge in [0.2, 0.25) is 0 Å². The van der Waals surface area contributed by atoms with Crippen LogP contribution in [0.15, 0.2) is 0 Å². The van der Waals surface area contributed by atoms with Crippen LogP contribution in [0.25, 0.3) is 0 Å². The zero-order chi connectivity index (χ0) is 12.5. The van der Waals surface area contributed by atoms with Gasteiger partial charge in [-0.05, 0) is 24.7 Å². The number of aromatic nitrogens is 2. The minimum absolute atomic E-state index is 0.0609. The molecule has 0 bridgehead atoms. The van der Waals surface area contributed by atoms with Crippen molar-refractivity contribution >= 4 is 23.2 Å². The SMILES string of the molecule is Cc1nn(C)c(CC(C)(CCl)C(C)C)c1Cl. The highest BCUT2D eigenvalue weighted by Gasteiger charge is 2.30. The molecule has 0 saturated carbocycles. The van der Waals surface area contributed by atoms with Gasteiger partial charge in [0.05, 0.1) is 16.4 Å². The predicted molar refractivity (Wildman–Crippen MR) is 70.3 cm³/mol. The van der Waals surface area contributed by atoms with Crippen molar-refractivity contribution in [1.29, 1.82) is 0 Å². The van der Waals surface area contributed by atoms with E-state index in [2.05, 4.69) is 25.9 Å². The number of aryl methyl sites for hydroxylation is 2. The van der Waals surface area contributed by atoms with E-state index in [1.165, 1.54) is 0 Å². The maximum Gasteiger partial charge on any atom is 0.0847 e. The topological polar surface area (TPSA) is 17.8 Å². The van der Waals surface area contributed by atoms with E-state index < -0.39 is 0 Å². The van der Waals surface area contributed by atoms with Crippen molar-refractivity contribution in [2.75, 3.05) is 5.88 Å². The molecule has 0 aliphatic heterocycles. The van der Waals surface area contributed by atoms with Crippen LogP contribution in [0.5, 0.6) is 0 Å². The molecule has 1 unspecified atom stereocenters. The van der Waals surface area contributed by atoms with Crippen molar-refractivity contribution in [3.63, 3.8) is 0 Å². The van der Waals surface area contributed by atoms with Crippen molar-refractivity contribution in [1.82, 2.24) is 9.78 Å². The number of halogens is 2. The molecule has 1 atom stereocenters. The van der Waals surface area contributed by atoms with Gasteiger partial charge in [-0.3, -0.25) is 4.68 Å². The molecule has 0 aliphatic rings. The third kappa shape index (κ3) is 2.54. The number of nitrogens with zero attached hydrogens (tertiary/aromatic N) is 2. The summed E-state index contributed by atoms with van der Waals surface area (Å²) in [6, 6.07) is 0. The van der Waals surface area contributed by atoms with E-state index >= 15 is 0 Å². The second-order valence-electron chi connectivity index (χ2n) is 5.09. The van der Waals surface area contributed by atoms with Crippen LogP contribution in [0.1, 0.15) is 32.2 Å². The molecule has 92 valence electrons. The third-order valence-corrected chi connectivity index (χ3v) is 4.63. The fourth-order valence-corrected chi connectivity index (χ4v) is 2.29. The lowest BCUT2D eigenvalue weighted by Gasteiger charge is -2.31. The van der Waals surface area contributed by atoms with Gasteiger partial charge in [0.25, 0.3) is 0 Å². The summed E-state index contributed by atoms with van der Waals surface area (Å²) in [4.78, 5) is 0. The van der Waals surface area contributed by atoms with E-state index in [-0.39, 0.29) is 5.41 Å². The standard InChI is InChI=1S/C12H20Cl2N2/c1-8(2)12(4,7-13)6-10-11(14)9(3)15-16(10)5/h8H,6-7H2,1-5H3. The molecule has 4 heteroatoms. The first-order valence-corrected chi connectivity index (χ1v) is 6.47. The van der Waals surface area contributed by atoms with Crippen LogP contribution in [-0.4, -0.2) is 15.7 Å². The predicted octanol–water partition coefficient (Wildman–Crippen LogP) is 3.83. The fourth-order valence-electron chi connectivity index (χ4n) is 1.66. The fraction of sp³-hybridized carbons (Fsp3) is 0.750. The van der Waals surface area contributed by atoms with Gasteiger partial charge in [-0.1, -0.05) is 32.4 Å². The summed E-state index contributed by atoms with van der Waals surface area (Å²) in [5, 5.41) is 5.11. The minimum Gasteiger partial charge on any atom is -0.271 e. The summed E-state index contributed by atoms with van der Waals surface area (Å²) in [6.07, 6.45) is 0.865. The van der Waals surface area contributed by atoms with Gasteiger partial charge >= 0.3 is 0 Å². The molecular formula is C12H20Cl2N2. The molecule has 0 spiro atoms. The lowest BCUT2D eigenvalue weighted by molar-refractivity contribution is 0.248. The van der Waals surface area contributed by atoms with Crippen LogP contribution in [0, 0.1) is 18.3 Å². The monoisotopic (exact) mass is 262 g/mol. The zero-order valence-corrected chi connectivity index (χ0v) is 12.2. The first kappa shape index (κ1) is 13.9. The largest absolute Gasteiger partial charge is 0.271 e. The second kappa shape index (κ2) is 4.97. The summed E-state index contributed by atoms with van der Waals surface area (Å²) in [7, 11) is 1.93. The summed E-state index contributed by atoms with van der Waals surface area (Å²) in [5.41, 5.74) is 2.03. The van der Waals surface area contributed by atoms with Gasteiger partial charge in [0.15, 0.2) is 0 Å². The normalized spacial score (nSPS) is 15.5. The van der Waals surface area contributed by atoms with Gasteiger partial charge in [0.1, 0.15) is 0 Å². The smallest absolute Gasteiger partial charge is 0.0847 e. The molecule has 1 rings (SSSR count). The molecular weight excluding hydrogens is 243 g/mol. The van der Waals surface area contributed by atoms with E-state index in [0.29, 0.717) is 11.8 Å². The molecule has 0 aliphatic carbocycles. The van der Waals surface area contributed by atoms with Crippen molar-refractivity contribution < 1.29 is 0 Å². The van der Waals surface area contributed by atoms with E-state index in [1.54, 1.807) is 0 Å². The number of rotatable bonds is 4. The van der Waals surface area contributed by atoms with Crippen molar-refractivity contribution in [3.05, 3.63) is 16.4 Å². The maximum atomic E-state index is 6.26. The third-order valence-electron chi connectivity index (χ3n) is 3.53. The van der Waals surface area contributed by atoms with Crippen LogP contribution < -0.4 is 0 Å². The highest BCUT2D eigenvalue weighted by molar-refractivity contribution is 6.31. The first-order chi connectivity index (χ1) is 7.31. The molecule has 16 heavy (non-hydrogen) atoms. The van der Waals surface area contributed by atoms with Gasteiger partial charge in [0, 0.05) is 12.9 Å². The van der Waals surface area contributed by atoms with Crippen molar-refractivity contribution in [3.8, 4) is 0 Å². The Morgan fingerprint density at radius 1 is 1.44 bits per heavy atom. The maximum absolute atomic E-state index is 6.26. The van der Waals surface area contributed by atoms with Crippen molar-refractivity contribution in [2.45, 2.75) is 34.1 Å². The molecule has 0 aromatic carbocycles. The highest BCUT2D eigenvalue weighted by atomic mass is 35.5. The Morgan fingerprint density at radius 2 is 2.00 bits per heavy atom. The van der Waals surface area contributed by atoms with Crippen LogP contribution >= 0.6 is 23.2 Å². The van der Waals surface area contributed by atoms with Crippen molar-refractivity contribution in [2.24, 2.45) is 18.4 Å². The Morgan fingerprint density at radius 3 is 2.31 bits per heavy atom. The molecule has 1 heterocycles. The molecule has 1 aromatic heterocycles. The molecule has 2 nitrogen and oxygen atoms in total. The highest BCUT2D eigenvalue weighted by Crippen LogP contribution is 2.35. The second-order valence-corrected chi connectivity index (χ2v) is 5.73. The van der Waals surface area contributed by atoms with Gasteiger partial charge < -0.3 is 0 Å². The van der Waals surface area contributed by atoms with E-state index in [0.717, 1.165) is 22.8 Å². The van der Waals surface area contributed by atoms with Crippen LogP contribution in [-0.2, 0) is 13.5 Å². The van der Waals surface area contributed by atoms with Crippen LogP contribution in [0.4, 0.5) is 0 Å². The Kier molecular flexibility index (Phi) is 4.30. The Hall–Kier alpha value is -0.210. The quantitative estimate of drug-likeness (QED) is 0.755. The van der Waals surface area contributed by atoms with Crippen LogP contribution in [0.3, 0.4) is 0 Å². The van der Waals surface area contributed by atoms with Crippen LogP contribution in [0.2, 0.25) is 5.02 Å². The molecule has 0 N–H and O–H groups in total. The minimum atomic E-state index is 0.0609. The van der Waals surface area contributed by atoms with E-state index in [1.807, 2.05) is 18.7 Å². The summed E-state index contributed by atoms with van der Waals surface area (Å²) < 4.78 is 1.87. The summed E-state index contributed by atoms with van der Waals surface area (Å²) >= 11 is 12.3. The summed E-state index contributed by atoms with van der Waals surface area (Å²) in [5.74, 6) is 1.14. The number of hydrogen-bond donors (Lipinski definition) is 0. The average molecular weight is 263 g/mol. The molecule has 0 fully saturated rings. The molecule has 0 radical (unpaired) electrons. The Bertz CT molecular complexity index is 371. The number of hydrogen-bond acceptors (Lipinski definition) is 1. The van der Waals surface area contributed by atoms with E-state index in [9.17, 15) is 0 Å². The summed E-state index contributed by atoms with van der Waals surface area (Å²) in [6.45, 7) is 8.52. The van der Waals surface area contributed by atoms with Gasteiger partial charge in [-0.2, -0.15) is 5.10 Å². The lowest BCUT2D eigenvalue weighted by Crippen LogP contribution is -2.29. The zero-order valence-electron chi connectivity index (χ0n) is 10.6. The Balaban J connectivity index is 3.03. The molecule has 1 aromatic rings. The number of alkyl halides is 1. The lowest BCUT2D eigenvalue weighted by atomic mass is 9.77. The molecule has 0 saturated heterocycles. The van der Waals surface area contributed by atoms with Gasteiger partial charge in [-0.15, -0.1) is 11.6 Å². The van der Waals surface area contributed by atoms with E-state index in [4.69, 9.17) is 23.2 Å². The van der Waals surface area contributed by atoms with Gasteiger partial charge in [-0.25, -0.2) is 0 Å². The Labute approximate surface area is 108 Å². The first-order valence-electron chi connectivity index (χ1n) is 5.55.